The van der Waals surface area contributed by atoms with E-state index in [0.717, 1.165) is 5.69 Å². The highest BCUT2D eigenvalue weighted by Gasteiger charge is 2.14. The third-order valence-corrected chi connectivity index (χ3v) is 2.88. The molecule has 1 rings (SSSR count). The topological polar surface area (TPSA) is 78.9 Å². The Morgan fingerprint density at radius 1 is 1.33 bits per heavy atom. The third-order valence-electron chi connectivity index (χ3n) is 2.88. The van der Waals surface area contributed by atoms with Gasteiger partial charge >= 0.3 is 5.97 Å². The van der Waals surface area contributed by atoms with Crippen molar-refractivity contribution in [2.24, 2.45) is 0 Å². The Morgan fingerprint density at radius 3 is 2.57 bits per heavy atom. The van der Waals surface area contributed by atoms with Gasteiger partial charge < -0.3 is 20.1 Å². The maximum Gasteiger partial charge on any atom is 0.305 e. The summed E-state index contributed by atoms with van der Waals surface area (Å²) in [6.07, 6.45) is -0.0181. The second-order valence-electron chi connectivity index (χ2n) is 4.82. The van der Waals surface area contributed by atoms with Crippen molar-refractivity contribution < 1.29 is 19.4 Å². The minimum atomic E-state index is -0.885. The van der Waals surface area contributed by atoms with Crippen molar-refractivity contribution in [2.75, 3.05) is 31.7 Å². The Kier molecular flexibility index (Phi) is 7.25. The number of rotatable bonds is 9. The number of anilines is 1. The number of carbonyl (C=O) groups is 2. The third kappa shape index (κ3) is 6.76. The van der Waals surface area contributed by atoms with Gasteiger partial charge in [-0.15, -0.1) is 0 Å². The van der Waals surface area contributed by atoms with Gasteiger partial charge in [-0.1, -0.05) is 18.2 Å². The minimum Gasteiger partial charge on any atom is -0.481 e. The summed E-state index contributed by atoms with van der Waals surface area (Å²) in [6, 6.07) is 9.21. The van der Waals surface area contributed by atoms with Crippen molar-refractivity contribution in [1.82, 2.24) is 5.32 Å². The Balaban J connectivity index is 2.64. The number of hydrogen-bond acceptors (Lipinski definition) is 4. The lowest BCUT2D eigenvalue weighted by Gasteiger charge is -2.24. The first-order valence-corrected chi connectivity index (χ1v) is 6.83. The fraction of sp³-hybridized carbons (Fsp3) is 0.467. The molecule has 6 nitrogen and oxygen atoms in total. The van der Waals surface area contributed by atoms with Crippen molar-refractivity contribution in [3.63, 3.8) is 0 Å². The molecule has 21 heavy (non-hydrogen) atoms. The van der Waals surface area contributed by atoms with E-state index < -0.39 is 5.97 Å². The fourth-order valence-electron chi connectivity index (χ4n) is 1.95. The lowest BCUT2D eigenvalue weighted by molar-refractivity contribution is -0.136. The quantitative estimate of drug-likeness (QED) is 0.713. The molecule has 1 amide bonds. The summed E-state index contributed by atoms with van der Waals surface area (Å²) in [5.74, 6) is -1.04. The minimum absolute atomic E-state index is 0.0181. The van der Waals surface area contributed by atoms with Crippen molar-refractivity contribution in [2.45, 2.75) is 19.4 Å². The van der Waals surface area contributed by atoms with E-state index in [1.54, 1.807) is 12.0 Å². The molecule has 0 saturated heterocycles. The van der Waals surface area contributed by atoms with E-state index in [1.807, 2.05) is 37.3 Å². The van der Waals surface area contributed by atoms with Gasteiger partial charge in [0.05, 0.1) is 19.6 Å². The summed E-state index contributed by atoms with van der Waals surface area (Å²) in [7, 11) is 1.58. The number of ether oxygens (including phenoxy) is 1. The predicted octanol–water partition coefficient (Wildman–Crippen LogP) is 1.12. The maximum absolute atomic E-state index is 12.0. The van der Waals surface area contributed by atoms with Gasteiger partial charge in [-0.05, 0) is 19.1 Å². The Bertz CT molecular complexity index is 450. The molecule has 2 N–H and O–H groups in total. The molecule has 0 saturated carbocycles. The molecule has 0 bridgehead atoms. The van der Waals surface area contributed by atoms with Crippen LogP contribution >= 0.6 is 0 Å². The van der Waals surface area contributed by atoms with Crippen LogP contribution in [0.1, 0.15) is 13.3 Å². The van der Waals surface area contributed by atoms with Crippen LogP contribution in [0, 0.1) is 0 Å². The average molecular weight is 294 g/mol. The van der Waals surface area contributed by atoms with E-state index >= 15 is 0 Å². The number of amides is 1. The van der Waals surface area contributed by atoms with Gasteiger partial charge in [0.2, 0.25) is 5.91 Å². The molecular weight excluding hydrogens is 272 g/mol. The first-order valence-electron chi connectivity index (χ1n) is 6.83. The molecule has 0 aromatic heterocycles. The van der Waals surface area contributed by atoms with Crippen LogP contribution in [0.25, 0.3) is 0 Å². The first kappa shape index (κ1) is 17.0. The number of carboxylic acid groups (broad SMARTS) is 1. The lowest BCUT2D eigenvalue weighted by atomic mass is 10.2. The largest absolute Gasteiger partial charge is 0.481 e. The van der Waals surface area contributed by atoms with Crippen LogP contribution in [-0.4, -0.2) is 49.8 Å². The number of benzene rings is 1. The second kappa shape index (κ2) is 8.97. The molecule has 1 atom stereocenters. The summed E-state index contributed by atoms with van der Waals surface area (Å²) in [5.41, 5.74) is 0.827. The van der Waals surface area contributed by atoms with E-state index in [0.29, 0.717) is 6.61 Å². The second-order valence-corrected chi connectivity index (χ2v) is 4.82. The first-order chi connectivity index (χ1) is 10.0. The van der Waals surface area contributed by atoms with Gasteiger partial charge in [0.1, 0.15) is 0 Å². The SMILES string of the molecule is COCC(C)NC(=O)CN(CCC(=O)O)c1ccccc1. The average Bonchev–Trinajstić information content (AvgIpc) is 2.44. The summed E-state index contributed by atoms with van der Waals surface area (Å²) < 4.78 is 4.97. The van der Waals surface area contributed by atoms with Crippen molar-refractivity contribution in [3.8, 4) is 0 Å². The van der Waals surface area contributed by atoms with Crippen molar-refractivity contribution in [1.29, 1.82) is 0 Å². The Morgan fingerprint density at radius 2 is 2.00 bits per heavy atom. The number of carboxylic acids is 1. The van der Waals surface area contributed by atoms with Crippen molar-refractivity contribution >= 4 is 17.6 Å². The molecular formula is C15H22N2O4. The predicted molar refractivity (Wildman–Crippen MR) is 80.4 cm³/mol. The van der Waals surface area contributed by atoms with Crippen LogP contribution < -0.4 is 10.2 Å². The number of hydrogen-bond donors (Lipinski definition) is 2. The van der Waals surface area contributed by atoms with Gasteiger partial charge in [-0.3, -0.25) is 9.59 Å². The van der Waals surface area contributed by atoms with Gasteiger partial charge in [-0.2, -0.15) is 0 Å². The van der Waals surface area contributed by atoms with E-state index in [9.17, 15) is 9.59 Å². The van der Waals surface area contributed by atoms with E-state index in [4.69, 9.17) is 9.84 Å². The molecule has 0 spiro atoms. The summed E-state index contributed by atoms with van der Waals surface area (Å²) in [4.78, 5) is 24.5. The van der Waals surface area contributed by atoms with Crippen LogP contribution in [0.5, 0.6) is 0 Å². The smallest absolute Gasteiger partial charge is 0.305 e. The Labute approximate surface area is 124 Å². The fourth-order valence-corrected chi connectivity index (χ4v) is 1.95. The van der Waals surface area contributed by atoms with Crippen LogP contribution in [0.4, 0.5) is 5.69 Å². The van der Waals surface area contributed by atoms with E-state index in [2.05, 4.69) is 5.32 Å². The molecule has 1 aromatic rings. The van der Waals surface area contributed by atoms with E-state index in [-0.39, 0.29) is 31.5 Å². The van der Waals surface area contributed by atoms with Crippen LogP contribution in [0.3, 0.4) is 0 Å². The zero-order valence-corrected chi connectivity index (χ0v) is 12.4. The molecule has 0 aliphatic rings. The van der Waals surface area contributed by atoms with Gasteiger partial charge in [-0.25, -0.2) is 0 Å². The zero-order chi connectivity index (χ0) is 15.7. The molecule has 0 fully saturated rings. The molecule has 6 heteroatoms. The summed E-state index contributed by atoms with van der Waals surface area (Å²) >= 11 is 0. The number of nitrogens with zero attached hydrogens (tertiary/aromatic N) is 1. The standard InChI is InChI=1S/C15H22N2O4/c1-12(11-21-2)16-14(18)10-17(9-8-15(19)20)13-6-4-3-5-7-13/h3-7,12H,8-11H2,1-2H3,(H,16,18)(H,19,20). The highest BCUT2D eigenvalue weighted by molar-refractivity contribution is 5.81. The maximum atomic E-state index is 12.0. The molecule has 1 unspecified atom stereocenters. The summed E-state index contributed by atoms with van der Waals surface area (Å²) in [6.45, 7) is 2.69. The molecule has 1 aromatic carbocycles. The van der Waals surface area contributed by atoms with Gasteiger partial charge in [0.15, 0.2) is 0 Å². The molecule has 0 heterocycles. The number of nitrogens with one attached hydrogen (secondary N) is 1. The van der Waals surface area contributed by atoms with Crippen LogP contribution in [0.15, 0.2) is 30.3 Å². The van der Waals surface area contributed by atoms with Crippen molar-refractivity contribution in [3.05, 3.63) is 30.3 Å². The van der Waals surface area contributed by atoms with E-state index in [1.165, 1.54) is 0 Å². The number of para-hydroxylation sites is 1. The molecule has 0 radical (unpaired) electrons. The Hall–Kier alpha value is -2.08. The number of aliphatic carboxylic acids is 1. The monoisotopic (exact) mass is 294 g/mol. The zero-order valence-electron chi connectivity index (χ0n) is 12.4. The molecule has 0 aliphatic carbocycles. The van der Waals surface area contributed by atoms with Gasteiger partial charge in [0.25, 0.3) is 0 Å². The summed E-state index contributed by atoms with van der Waals surface area (Å²) in [5, 5.41) is 11.6. The van der Waals surface area contributed by atoms with Gasteiger partial charge in [0, 0.05) is 25.4 Å². The normalized spacial score (nSPS) is 11.7. The molecule has 116 valence electrons. The van der Waals surface area contributed by atoms with Crippen LogP contribution in [0.2, 0.25) is 0 Å². The lowest BCUT2D eigenvalue weighted by Crippen LogP contribution is -2.43. The highest BCUT2D eigenvalue weighted by atomic mass is 16.5. The van der Waals surface area contributed by atoms with Crippen LogP contribution in [-0.2, 0) is 14.3 Å². The number of methoxy groups -OCH3 is 1. The molecule has 0 aliphatic heterocycles. The number of carbonyl (C=O) groups excluding carboxylic acids is 1. The highest BCUT2D eigenvalue weighted by Crippen LogP contribution is 2.13.